The lowest BCUT2D eigenvalue weighted by atomic mass is 10.2. The summed E-state index contributed by atoms with van der Waals surface area (Å²) in [4.78, 5) is 11.3. The molecule has 0 fully saturated rings. The van der Waals surface area contributed by atoms with Crippen LogP contribution in [0.1, 0.15) is 17.1 Å². The number of sulfonamides is 1. The van der Waals surface area contributed by atoms with Gasteiger partial charge in [0, 0.05) is 16.1 Å². The standard InChI is InChI=1S/C24H21N5O3S2/c1-14-15(2)28-32-23(14)29-34(30,31)19-11-9-18(10-12-19)27-22-20-13-21(17-7-5-4-6-8-17)33-24(20)26-16(3)25-22/h4-13,29H,1-3H3,(H,25,26,27). The van der Waals surface area contributed by atoms with Gasteiger partial charge in [0.05, 0.1) is 16.0 Å². The molecular formula is C24H21N5O3S2. The number of rotatable bonds is 6. The zero-order chi connectivity index (χ0) is 23.9. The van der Waals surface area contributed by atoms with Crippen LogP contribution in [0.5, 0.6) is 0 Å². The molecule has 5 aromatic rings. The lowest BCUT2D eigenvalue weighted by Crippen LogP contribution is -2.13. The molecule has 8 nitrogen and oxygen atoms in total. The van der Waals surface area contributed by atoms with E-state index in [2.05, 4.69) is 43.4 Å². The molecule has 5 rings (SSSR count). The summed E-state index contributed by atoms with van der Waals surface area (Å²) in [5.74, 6) is 1.44. The van der Waals surface area contributed by atoms with Crippen molar-refractivity contribution in [2.75, 3.05) is 10.0 Å². The van der Waals surface area contributed by atoms with Gasteiger partial charge in [-0.1, -0.05) is 35.5 Å². The quantitative estimate of drug-likeness (QED) is 0.308. The van der Waals surface area contributed by atoms with Gasteiger partial charge in [-0.15, -0.1) is 11.3 Å². The van der Waals surface area contributed by atoms with Crippen molar-refractivity contribution < 1.29 is 12.9 Å². The van der Waals surface area contributed by atoms with E-state index in [4.69, 9.17) is 4.52 Å². The summed E-state index contributed by atoms with van der Waals surface area (Å²) in [6.45, 7) is 5.34. The van der Waals surface area contributed by atoms with Crippen LogP contribution in [0.15, 0.2) is 70.1 Å². The molecule has 2 aromatic carbocycles. The van der Waals surface area contributed by atoms with Crippen LogP contribution in [0.4, 0.5) is 17.4 Å². The van der Waals surface area contributed by atoms with Gasteiger partial charge in [0.15, 0.2) is 0 Å². The van der Waals surface area contributed by atoms with Gasteiger partial charge in [-0.25, -0.2) is 23.1 Å². The van der Waals surface area contributed by atoms with Crippen molar-refractivity contribution in [3.05, 3.63) is 77.7 Å². The van der Waals surface area contributed by atoms with Gasteiger partial charge in [0.2, 0.25) is 5.88 Å². The van der Waals surface area contributed by atoms with Crippen LogP contribution >= 0.6 is 11.3 Å². The fourth-order valence-electron chi connectivity index (χ4n) is 3.41. The smallest absolute Gasteiger partial charge is 0.264 e. The summed E-state index contributed by atoms with van der Waals surface area (Å²) in [5, 5.41) is 8.00. The number of benzene rings is 2. The molecule has 0 saturated heterocycles. The molecule has 0 aliphatic rings. The number of aromatic nitrogens is 3. The van der Waals surface area contributed by atoms with E-state index in [1.807, 2.05) is 25.1 Å². The second-order valence-electron chi connectivity index (χ2n) is 7.79. The summed E-state index contributed by atoms with van der Waals surface area (Å²) in [6, 6.07) is 18.6. The molecule has 0 atom stereocenters. The Morgan fingerprint density at radius 3 is 2.35 bits per heavy atom. The maximum Gasteiger partial charge on any atom is 0.264 e. The van der Waals surface area contributed by atoms with E-state index < -0.39 is 10.0 Å². The van der Waals surface area contributed by atoms with Crippen LogP contribution in [0, 0.1) is 20.8 Å². The molecular weight excluding hydrogens is 470 g/mol. The Bertz CT molecular complexity index is 1590. The third kappa shape index (κ3) is 4.25. The molecule has 34 heavy (non-hydrogen) atoms. The maximum absolute atomic E-state index is 12.8. The highest BCUT2D eigenvalue weighted by Crippen LogP contribution is 2.36. The molecule has 0 spiro atoms. The van der Waals surface area contributed by atoms with Gasteiger partial charge in [0.25, 0.3) is 10.0 Å². The zero-order valence-electron chi connectivity index (χ0n) is 18.7. The summed E-state index contributed by atoms with van der Waals surface area (Å²) in [6.07, 6.45) is 0. The Kier molecular flexibility index (Phi) is 5.54. The SMILES string of the molecule is Cc1nc(Nc2ccc(S(=O)(=O)Nc3onc(C)c3C)cc2)c2cc(-c3ccccc3)sc2n1. The van der Waals surface area contributed by atoms with E-state index in [9.17, 15) is 8.42 Å². The predicted molar refractivity (Wildman–Crippen MR) is 134 cm³/mol. The number of nitrogens with one attached hydrogen (secondary N) is 2. The number of nitrogens with zero attached hydrogens (tertiary/aromatic N) is 3. The van der Waals surface area contributed by atoms with Crippen LogP contribution in [0.25, 0.3) is 20.7 Å². The average molecular weight is 492 g/mol. The second-order valence-corrected chi connectivity index (χ2v) is 10.5. The van der Waals surface area contributed by atoms with Crippen molar-refractivity contribution in [1.29, 1.82) is 0 Å². The van der Waals surface area contributed by atoms with E-state index in [-0.39, 0.29) is 10.8 Å². The summed E-state index contributed by atoms with van der Waals surface area (Å²) in [5.41, 5.74) is 3.11. The van der Waals surface area contributed by atoms with Crippen LogP contribution < -0.4 is 10.0 Å². The van der Waals surface area contributed by atoms with E-state index in [0.29, 0.717) is 28.6 Å². The number of anilines is 3. The molecule has 3 aromatic heterocycles. The minimum absolute atomic E-state index is 0.109. The molecule has 10 heteroatoms. The molecule has 3 heterocycles. The normalized spacial score (nSPS) is 11.6. The van der Waals surface area contributed by atoms with E-state index in [1.54, 1.807) is 37.3 Å². The molecule has 0 bridgehead atoms. The van der Waals surface area contributed by atoms with Crippen molar-refractivity contribution in [3.63, 3.8) is 0 Å². The fraction of sp³-hybridized carbons (Fsp3) is 0.125. The lowest BCUT2D eigenvalue weighted by Gasteiger charge is -2.09. The number of thiophene rings is 1. The van der Waals surface area contributed by atoms with Gasteiger partial charge in [0.1, 0.15) is 16.5 Å². The highest BCUT2D eigenvalue weighted by Gasteiger charge is 2.19. The third-order valence-electron chi connectivity index (χ3n) is 5.37. The third-order valence-corrected chi connectivity index (χ3v) is 7.80. The van der Waals surface area contributed by atoms with Crippen molar-refractivity contribution in [3.8, 4) is 10.4 Å². The second kappa shape index (κ2) is 8.54. The van der Waals surface area contributed by atoms with E-state index >= 15 is 0 Å². The molecule has 2 N–H and O–H groups in total. The minimum Gasteiger partial charge on any atom is -0.340 e. The van der Waals surface area contributed by atoms with Gasteiger partial charge >= 0.3 is 0 Å². The Balaban J connectivity index is 1.42. The Morgan fingerprint density at radius 2 is 1.68 bits per heavy atom. The van der Waals surface area contributed by atoms with Crippen molar-refractivity contribution >= 4 is 49.0 Å². The van der Waals surface area contributed by atoms with Crippen LogP contribution in [-0.4, -0.2) is 23.5 Å². The highest BCUT2D eigenvalue weighted by molar-refractivity contribution is 7.92. The first kappa shape index (κ1) is 22.1. The number of hydrogen-bond acceptors (Lipinski definition) is 8. The number of hydrogen-bond donors (Lipinski definition) is 2. The maximum atomic E-state index is 12.8. The Labute approximate surface area is 200 Å². The Hall–Kier alpha value is -3.76. The van der Waals surface area contributed by atoms with Gasteiger partial charge in [-0.05, 0) is 56.7 Å². The van der Waals surface area contributed by atoms with Crippen molar-refractivity contribution in [2.24, 2.45) is 0 Å². The minimum atomic E-state index is -3.82. The number of fused-ring (bicyclic) bond motifs is 1. The summed E-state index contributed by atoms with van der Waals surface area (Å²) < 4.78 is 33.0. The van der Waals surface area contributed by atoms with Crippen LogP contribution in [-0.2, 0) is 10.0 Å². The fourth-order valence-corrected chi connectivity index (χ4v) is 5.54. The first-order chi connectivity index (χ1) is 16.3. The average Bonchev–Trinajstić information content (AvgIpc) is 3.39. The zero-order valence-corrected chi connectivity index (χ0v) is 20.3. The van der Waals surface area contributed by atoms with Crippen molar-refractivity contribution in [2.45, 2.75) is 25.7 Å². The van der Waals surface area contributed by atoms with Crippen LogP contribution in [0.2, 0.25) is 0 Å². The molecule has 0 amide bonds. The van der Waals surface area contributed by atoms with E-state index in [1.165, 1.54) is 12.1 Å². The predicted octanol–water partition coefficient (Wildman–Crippen LogP) is 5.82. The first-order valence-corrected chi connectivity index (χ1v) is 12.8. The first-order valence-electron chi connectivity index (χ1n) is 10.5. The summed E-state index contributed by atoms with van der Waals surface area (Å²) in [7, 11) is -3.82. The monoisotopic (exact) mass is 491 g/mol. The van der Waals surface area contributed by atoms with E-state index in [0.717, 1.165) is 20.7 Å². The lowest BCUT2D eigenvalue weighted by molar-refractivity contribution is 0.430. The van der Waals surface area contributed by atoms with Gasteiger partial charge in [-0.3, -0.25) is 0 Å². The molecule has 0 radical (unpaired) electrons. The molecule has 172 valence electrons. The van der Waals surface area contributed by atoms with Gasteiger partial charge in [-0.2, -0.15) is 0 Å². The highest BCUT2D eigenvalue weighted by atomic mass is 32.2. The molecule has 0 unspecified atom stereocenters. The number of aryl methyl sites for hydroxylation is 2. The van der Waals surface area contributed by atoms with Crippen molar-refractivity contribution in [1.82, 2.24) is 15.1 Å². The largest absolute Gasteiger partial charge is 0.340 e. The molecule has 0 aliphatic carbocycles. The van der Waals surface area contributed by atoms with Gasteiger partial charge < -0.3 is 9.84 Å². The summed E-state index contributed by atoms with van der Waals surface area (Å²) >= 11 is 1.61. The Morgan fingerprint density at radius 1 is 0.941 bits per heavy atom. The molecule has 0 aliphatic heterocycles. The molecule has 0 saturated carbocycles. The topological polar surface area (TPSA) is 110 Å². The van der Waals surface area contributed by atoms with Crippen LogP contribution in [0.3, 0.4) is 0 Å².